The van der Waals surface area contributed by atoms with Crippen LogP contribution in [0.1, 0.15) is 37.2 Å². The minimum atomic E-state index is -1.06. The summed E-state index contributed by atoms with van der Waals surface area (Å²) in [5, 5.41) is 0. The Morgan fingerprint density at radius 1 is 1.22 bits per heavy atom. The summed E-state index contributed by atoms with van der Waals surface area (Å²) in [5.41, 5.74) is 0.231. The van der Waals surface area contributed by atoms with Crippen molar-refractivity contribution in [3.8, 4) is 5.75 Å². The Morgan fingerprint density at radius 2 is 1.91 bits per heavy atom. The number of carbonyl (C=O) groups excluding carboxylic acids is 2. The summed E-state index contributed by atoms with van der Waals surface area (Å²) < 4.78 is 37.4. The lowest BCUT2D eigenvalue weighted by molar-refractivity contribution is -0.147. The molecule has 0 aromatic heterocycles. The van der Waals surface area contributed by atoms with Gasteiger partial charge in [-0.15, -0.1) is 0 Å². The fraction of sp³-hybridized carbons (Fsp3) is 0.529. The molecule has 2 atom stereocenters. The zero-order valence-corrected chi connectivity index (χ0v) is 13.0. The summed E-state index contributed by atoms with van der Waals surface area (Å²) in [6.45, 7) is 0. The maximum atomic E-state index is 14.0. The third-order valence-corrected chi connectivity index (χ3v) is 5.12. The van der Waals surface area contributed by atoms with E-state index in [9.17, 15) is 18.4 Å². The standard InChI is InChI=1S/C17H18F2O4/c1-22-15-10(3-4-13(18)14(15)19)11-7-17(5-9(20)6-17)8-12(11)16(21)23-2/h3-4,11-12H,5-8H2,1-2H3. The minimum Gasteiger partial charge on any atom is -0.493 e. The van der Waals surface area contributed by atoms with Crippen molar-refractivity contribution in [2.45, 2.75) is 31.6 Å². The van der Waals surface area contributed by atoms with Crippen LogP contribution in [0.5, 0.6) is 5.75 Å². The molecule has 0 N–H and O–H groups in total. The van der Waals surface area contributed by atoms with Gasteiger partial charge < -0.3 is 9.47 Å². The summed E-state index contributed by atoms with van der Waals surface area (Å²) in [4.78, 5) is 23.6. The van der Waals surface area contributed by atoms with E-state index in [1.54, 1.807) is 0 Å². The number of ether oxygens (including phenoxy) is 2. The monoisotopic (exact) mass is 324 g/mol. The first-order chi connectivity index (χ1) is 10.9. The van der Waals surface area contributed by atoms with Crippen LogP contribution in [0.15, 0.2) is 12.1 Å². The normalized spacial score (nSPS) is 25.3. The zero-order valence-electron chi connectivity index (χ0n) is 13.0. The van der Waals surface area contributed by atoms with Crippen molar-refractivity contribution in [1.82, 2.24) is 0 Å². The molecule has 1 aromatic rings. The molecule has 1 aromatic carbocycles. The van der Waals surface area contributed by atoms with Gasteiger partial charge in [0, 0.05) is 24.3 Å². The Labute approximate surface area is 132 Å². The SMILES string of the molecule is COC(=O)C1CC2(CC(=O)C2)CC1c1ccc(F)c(F)c1OC. The number of ketones is 1. The summed E-state index contributed by atoms with van der Waals surface area (Å²) in [6.07, 6.45) is 1.96. The highest BCUT2D eigenvalue weighted by Gasteiger charge is 2.55. The van der Waals surface area contributed by atoms with Crippen LogP contribution in [0.3, 0.4) is 0 Å². The molecule has 0 radical (unpaired) electrons. The molecule has 0 amide bonds. The van der Waals surface area contributed by atoms with Gasteiger partial charge in [-0.1, -0.05) is 6.07 Å². The second-order valence-corrected chi connectivity index (χ2v) is 6.52. The molecular weight excluding hydrogens is 306 g/mol. The van der Waals surface area contributed by atoms with Gasteiger partial charge in [0.15, 0.2) is 11.6 Å². The second kappa shape index (κ2) is 5.58. The van der Waals surface area contributed by atoms with E-state index >= 15 is 0 Å². The number of rotatable bonds is 3. The molecule has 0 heterocycles. The predicted octanol–water partition coefficient (Wildman–Crippen LogP) is 2.99. The number of esters is 1. The molecule has 0 bridgehead atoms. The third kappa shape index (κ3) is 2.50. The van der Waals surface area contributed by atoms with Crippen LogP contribution >= 0.6 is 0 Å². The van der Waals surface area contributed by atoms with Crippen molar-refractivity contribution in [2.75, 3.05) is 14.2 Å². The second-order valence-electron chi connectivity index (χ2n) is 6.52. The van der Waals surface area contributed by atoms with E-state index in [-0.39, 0.29) is 22.9 Å². The van der Waals surface area contributed by atoms with Crippen LogP contribution in [0, 0.1) is 23.0 Å². The highest BCUT2D eigenvalue weighted by Crippen LogP contribution is 2.60. The van der Waals surface area contributed by atoms with E-state index in [4.69, 9.17) is 9.47 Å². The smallest absolute Gasteiger partial charge is 0.309 e. The van der Waals surface area contributed by atoms with Gasteiger partial charge in [0.05, 0.1) is 20.1 Å². The van der Waals surface area contributed by atoms with Crippen molar-refractivity contribution in [1.29, 1.82) is 0 Å². The number of methoxy groups -OCH3 is 2. The molecular formula is C17H18F2O4. The summed E-state index contributed by atoms with van der Waals surface area (Å²) in [6, 6.07) is 2.50. The molecule has 2 saturated carbocycles. The molecule has 23 heavy (non-hydrogen) atoms. The predicted molar refractivity (Wildman–Crippen MR) is 77.1 cm³/mol. The number of hydrogen-bond acceptors (Lipinski definition) is 4. The summed E-state index contributed by atoms with van der Waals surface area (Å²) in [7, 11) is 2.57. The van der Waals surface area contributed by atoms with Gasteiger partial charge in [0.2, 0.25) is 5.82 Å². The van der Waals surface area contributed by atoms with E-state index in [1.807, 2.05) is 0 Å². The lowest BCUT2D eigenvalue weighted by atomic mass is 9.66. The van der Waals surface area contributed by atoms with Gasteiger partial charge in [-0.3, -0.25) is 9.59 Å². The maximum Gasteiger partial charge on any atom is 0.309 e. The topological polar surface area (TPSA) is 52.6 Å². The molecule has 0 aliphatic heterocycles. The molecule has 2 aliphatic rings. The fourth-order valence-electron chi connectivity index (χ4n) is 4.15. The molecule has 2 aliphatic carbocycles. The largest absolute Gasteiger partial charge is 0.493 e. The molecule has 4 nitrogen and oxygen atoms in total. The molecule has 124 valence electrons. The fourth-order valence-corrected chi connectivity index (χ4v) is 4.15. The lowest BCUT2D eigenvalue weighted by Crippen LogP contribution is -2.35. The van der Waals surface area contributed by atoms with Crippen LogP contribution in [0.25, 0.3) is 0 Å². The molecule has 1 spiro atoms. The average Bonchev–Trinajstić information content (AvgIpc) is 2.89. The molecule has 2 unspecified atom stereocenters. The van der Waals surface area contributed by atoms with E-state index in [0.29, 0.717) is 31.2 Å². The molecule has 3 rings (SSSR count). The van der Waals surface area contributed by atoms with E-state index in [1.165, 1.54) is 20.3 Å². The maximum absolute atomic E-state index is 14.0. The number of Topliss-reactive ketones (excluding diaryl/α,β-unsaturated/α-hetero) is 1. The molecule has 2 fully saturated rings. The van der Waals surface area contributed by atoms with Gasteiger partial charge in [-0.05, 0) is 24.3 Å². The third-order valence-electron chi connectivity index (χ3n) is 5.12. The first-order valence-corrected chi connectivity index (χ1v) is 7.52. The first kappa shape index (κ1) is 15.9. The van der Waals surface area contributed by atoms with Gasteiger partial charge in [-0.2, -0.15) is 4.39 Å². The number of hydrogen-bond donors (Lipinski definition) is 0. The van der Waals surface area contributed by atoms with Gasteiger partial charge in [0.1, 0.15) is 5.78 Å². The van der Waals surface area contributed by atoms with Crippen molar-refractivity contribution < 1.29 is 27.8 Å². The molecule has 0 saturated heterocycles. The van der Waals surface area contributed by atoms with Crippen molar-refractivity contribution >= 4 is 11.8 Å². The van der Waals surface area contributed by atoms with E-state index in [0.717, 1.165) is 6.07 Å². The highest BCUT2D eigenvalue weighted by atomic mass is 19.2. The Bertz CT molecular complexity index is 663. The quantitative estimate of drug-likeness (QED) is 0.802. The van der Waals surface area contributed by atoms with Gasteiger partial charge in [-0.25, -0.2) is 4.39 Å². The Kier molecular flexibility index (Phi) is 3.86. The molecule has 6 heteroatoms. The van der Waals surface area contributed by atoms with Crippen molar-refractivity contribution in [3.63, 3.8) is 0 Å². The Hall–Kier alpha value is -1.98. The summed E-state index contributed by atoms with van der Waals surface area (Å²) >= 11 is 0. The number of carbonyl (C=O) groups is 2. The van der Waals surface area contributed by atoms with Crippen LogP contribution in [-0.4, -0.2) is 26.0 Å². The van der Waals surface area contributed by atoms with Gasteiger partial charge >= 0.3 is 5.97 Å². The van der Waals surface area contributed by atoms with E-state index < -0.39 is 23.5 Å². The van der Waals surface area contributed by atoms with Crippen molar-refractivity contribution in [3.05, 3.63) is 29.3 Å². The highest BCUT2D eigenvalue weighted by molar-refractivity contribution is 5.87. The van der Waals surface area contributed by atoms with Gasteiger partial charge in [0.25, 0.3) is 0 Å². The minimum absolute atomic E-state index is 0.173. The summed E-state index contributed by atoms with van der Waals surface area (Å²) in [5.74, 6) is -3.27. The Balaban J connectivity index is 2.01. The number of halogens is 2. The number of benzene rings is 1. The van der Waals surface area contributed by atoms with E-state index in [2.05, 4.69) is 0 Å². The van der Waals surface area contributed by atoms with Crippen LogP contribution in [0.4, 0.5) is 8.78 Å². The van der Waals surface area contributed by atoms with Crippen LogP contribution < -0.4 is 4.74 Å². The average molecular weight is 324 g/mol. The van der Waals surface area contributed by atoms with Crippen LogP contribution in [0.2, 0.25) is 0 Å². The van der Waals surface area contributed by atoms with Crippen LogP contribution in [-0.2, 0) is 14.3 Å². The zero-order chi connectivity index (χ0) is 16.8. The lowest BCUT2D eigenvalue weighted by Gasteiger charge is -2.37. The Morgan fingerprint density at radius 3 is 2.48 bits per heavy atom. The first-order valence-electron chi connectivity index (χ1n) is 7.52. The van der Waals surface area contributed by atoms with Crippen molar-refractivity contribution in [2.24, 2.45) is 11.3 Å².